The van der Waals surface area contributed by atoms with Gasteiger partial charge in [0, 0.05) is 35.9 Å². The predicted octanol–water partition coefficient (Wildman–Crippen LogP) is 2.42. The lowest BCUT2D eigenvalue weighted by Crippen LogP contribution is -2.02. The summed E-state index contributed by atoms with van der Waals surface area (Å²) in [5.41, 5.74) is 0. The highest BCUT2D eigenvalue weighted by Crippen LogP contribution is 2.17. The molecular weight excluding hydrogens is 236 g/mol. The Hall–Kier alpha value is 0.390. The van der Waals surface area contributed by atoms with Gasteiger partial charge in [0.1, 0.15) is 0 Å². The van der Waals surface area contributed by atoms with E-state index in [1.54, 1.807) is 0 Å². The molecular formula is C9H14O2S3. The van der Waals surface area contributed by atoms with Crippen molar-refractivity contribution >= 4 is 45.5 Å². The third-order valence-electron chi connectivity index (χ3n) is 1.74. The molecule has 1 saturated heterocycles. The second kappa shape index (κ2) is 7.65. The maximum absolute atomic E-state index is 11.2. The van der Waals surface area contributed by atoms with Crippen LogP contribution in [0.3, 0.4) is 0 Å². The molecule has 1 fully saturated rings. The van der Waals surface area contributed by atoms with Gasteiger partial charge in [-0.1, -0.05) is 23.5 Å². The molecule has 0 atom stereocenters. The van der Waals surface area contributed by atoms with Crippen LogP contribution in [-0.4, -0.2) is 33.2 Å². The van der Waals surface area contributed by atoms with Gasteiger partial charge in [0.05, 0.1) is 0 Å². The molecule has 0 saturated carbocycles. The molecule has 0 N–H and O–H groups in total. The van der Waals surface area contributed by atoms with Crippen LogP contribution in [0.2, 0.25) is 0 Å². The second-order valence-corrected chi connectivity index (χ2v) is 6.44. The van der Waals surface area contributed by atoms with Gasteiger partial charge in [0.2, 0.25) is 0 Å². The van der Waals surface area contributed by atoms with Gasteiger partial charge >= 0.3 is 0 Å². The highest BCUT2D eigenvalue weighted by atomic mass is 32.2. The summed E-state index contributed by atoms with van der Waals surface area (Å²) in [6.45, 7) is 0. The molecule has 0 aliphatic carbocycles. The Morgan fingerprint density at radius 3 is 1.79 bits per heavy atom. The molecule has 14 heavy (non-hydrogen) atoms. The van der Waals surface area contributed by atoms with E-state index in [0.29, 0.717) is 12.8 Å². The summed E-state index contributed by atoms with van der Waals surface area (Å²) in [6, 6.07) is 0. The number of rotatable bonds is 0. The smallest absolute Gasteiger partial charge is 0.188 e. The van der Waals surface area contributed by atoms with Crippen LogP contribution in [0.5, 0.6) is 0 Å². The van der Waals surface area contributed by atoms with Crippen molar-refractivity contribution in [1.29, 1.82) is 0 Å². The Morgan fingerprint density at radius 2 is 1.29 bits per heavy atom. The average Bonchev–Trinajstić information content (AvgIpc) is 2.14. The molecule has 2 nitrogen and oxygen atoms in total. The third-order valence-corrected chi connectivity index (χ3v) is 5.11. The summed E-state index contributed by atoms with van der Waals surface area (Å²) in [7, 11) is 0. The summed E-state index contributed by atoms with van der Waals surface area (Å²) in [5.74, 6) is 3.88. The molecule has 0 spiro atoms. The van der Waals surface area contributed by atoms with Gasteiger partial charge in [-0.2, -0.15) is 11.8 Å². The first-order valence-corrected chi connectivity index (χ1v) is 7.80. The van der Waals surface area contributed by atoms with E-state index in [4.69, 9.17) is 0 Å². The lowest BCUT2D eigenvalue weighted by molar-refractivity contribution is -0.112. The SMILES string of the molecule is O=C1CCCC(=O)SCCSCCS1. The highest BCUT2D eigenvalue weighted by Gasteiger charge is 2.08. The van der Waals surface area contributed by atoms with Crippen LogP contribution in [0.25, 0.3) is 0 Å². The van der Waals surface area contributed by atoms with Crippen LogP contribution in [0.1, 0.15) is 19.3 Å². The lowest BCUT2D eigenvalue weighted by Gasteiger charge is -2.04. The minimum Gasteiger partial charge on any atom is -0.287 e. The zero-order chi connectivity index (χ0) is 10.2. The van der Waals surface area contributed by atoms with E-state index in [1.165, 1.54) is 23.5 Å². The first kappa shape index (κ1) is 12.5. The molecule has 1 heterocycles. The maximum Gasteiger partial charge on any atom is 0.188 e. The molecule has 0 bridgehead atoms. The molecule has 80 valence electrons. The Kier molecular flexibility index (Phi) is 6.81. The van der Waals surface area contributed by atoms with E-state index in [9.17, 15) is 9.59 Å². The van der Waals surface area contributed by atoms with Crippen molar-refractivity contribution in [1.82, 2.24) is 0 Å². The van der Waals surface area contributed by atoms with Gasteiger partial charge in [0.25, 0.3) is 0 Å². The van der Waals surface area contributed by atoms with Gasteiger partial charge in [-0.3, -0.25) is 9.59 Å². The first-order chi connectivity index (χ1) is 6.79. The quantitative estimate of drug-likeness (QED) is 0.659. The van der Waals surface area contributed by atoms with E-state index in [1.807, 2.05) is 11.8 Å². The summed E-state index contributed by atoms with van der Waals surface area (Å²) in [4.78, 5) is 22.5. The fraction of sp³-hybridized carbons (Fsp3) is 0.778. The average molecular weight is 250 g/mol. The molecule has 1 aliphatic heterocycles. The van der Waals surface area contributed by atoms with Crippen molar-refractivity contribution in [3.8, 4) is 0 Å². The maximum atomic E-state index is 11.2. The minimum absolute atomic E-state index is 0.240. The number of thioether (sulfide) groups is 3. The first-order valence-electron chi connectivity index (χ1n) is 4.68. The van der Waals surface area contributed by atoms with Crippen LogP contribution in [0.15, 0.2) is 0 Å². The van der Waals surface area contributed by atoms with E-state index >= 15 is 0 Å². The Morgan fingerprint density at radius 1 is 0.786 bits per heavy atom. The van der Waals surface area contributed by atoms with Crippen LogP contribution >= 0.6 is 35.3 Å². The largest absolute Gasteiger partial charge is 0.287 e. The van der Waals surface area contributed by atoms with Crippen LogP contribution in [0.4, 0.5) is 0 Å². The molecule has 1 rings (SSSR count). The fourth-order valence-corrected chi connectivity index (χ4v) is 3.90. The molecule has 0 radical (unpaired) electrons. The normalized spacial score (nSPS) is 22.6. The number of hydrogen-bond donors (Lipinski definition) is 0. The zero-order valence-electron chi connectivity index (χ0n) is 7.99. The molecule has 0 aromatic rings. The fourth-order valence-electron chi connectivity index (χ4n) is 1.05. The number of carbonyl (C=O) groups is 2. The predicted molar refractivity (Wildman–Crippen MR) is 66.1 cm³/mol. The summed E-state index contributed by atoms with van der Waals surface area (Å²) in [6.07, 6.45) is 1.84. The van der Waals surface area contributed by atoms with Crippen molar-refractivity contribution in [3.05, 3.63) is 0 Å². The third kappa shape index (κ3) is 5.98. The summed E-state index contributed by atoms with van der Waals surface area (Å²) < 4.78 is 0. The van der Waals surface area contributed by atoms with E-state index in [0.717, 1.165) is 29.4 Å². The van der Waals surface area contributed by atoms with E-state index in [-0.39, 0.29) is 10.2 Å². The summed E-state index contributed by atoms with van der Waals surface area (Å²) >= 11 is 4.65. The van der Waals surface area contributed by atoms with E-state index < -0.39 is 0 Å². The molecule has 0 aromatic carbocycles. The standard InChI is InChI=1S/C9H14O2S3/c10-8-2-1-3-9(11)14-7-5-12-4-6-13-8/h1-7H2. The lowest BCUT2D eigenvalue weighted by atomic mass is 10.3. The van der Waals surface area contributed by atoms with E-state index in [2.05, 4.69) is 0 Å². The minimum atomic E-state index is 0.240. The molecule has 0 aromatic heterocycles. The van der Waals surface area contributed by atoms with Crippen LogP contribution in [-0.2, 0) is 9.59 Å². The van der Waals surface area contributed by atoms with Crippen molar-refractivity contribution < 1.29 is 9.59 Å². The zero-order valence-corrected chi connectivity index (χ0v) is 10.4. The second-order valence-electron chi connectivity index (χ2n) is 2.91. The number of hydrogen-bond acceptors (Lipinski definition) is 5. The Labute approximate surface area is 97.3 Å². The van der Waals surface area contributed by atoms with Crippen LogP contribution < -0.4 is 0 Å². The molecule has 1 aliphatic rings. The summed E-state index contributed by atoms with van der Waals surface area (Å²) in [5, 5.41) is 0.480. The molecule has 0 unspecified atom stereocenters. The molecule has 0 amide bonds. The number of carbonyl (C=O) groups excluding carboxylic acids is 2. The topological polar surface area (TPSA) is 34.1 Å². The van der Waals surface area contributed by atoms with Crippen molar-refractivity contribution in [2.45, 2.75) is 19.3 Å². The van der Waals surface area contributed by atoms with Crippen molar-refractivity contribution in [3.63, 3.8) is 0 Å². The highest BCUT2D eigenvalue weighted by molar-refractivity contribution is 8.15. The van der Waals surface area contributed by atoms with Crippen molar-refractivity contribution in [2.24, 2.45) is 0 Å². The van der Waals surface area contributed by atoms with Gasteiger partial charge in [-0.05, 0) is 6.42 Å². The van der Waals surface area contributed by atoms with Gasteiger partial charge in [-0.15, -0.1) is 0 Å². The van der Waals surface area contributed by atoms with Crippen LogP contribution in [0, 0.1) is 0 Å². The molecule has 5 heteroatoms. The monoisotopic (exact) mass is 250 g/mol. The van der Waals surface area contributed by atoms with Gasteiger partial charge < -0.3 is 0 Å². The Balaban J connectivity index is 2.28. The Bertz CT molecular complexity index is 186. The van der Waals surface area contributed by atoms with Gasteiger partial charge in [-0.25, -0.2) is 0 Å². The van der Waals surface area contributed by atoms with Gasteiger partial charge in [0.15, 0.2) is 10.2 Å². The van der Waals surface area contributed by atoms with Crippen molar-refractivity contribution in [2.75, 3.05) is 23.0 Å².